The molecule has 0 saturated heterocycles. The number of nitrogens with two attached hydrogens (primary N) is 1. The average molecular weight is 363 g/mol. The van der Waals surface area contributed by atoms with E-state index in [1.807, 2.05) is 36.9 Å². The SMILES string of the molecule is Cc1nc2c(C(N)=O)ncn2c(C)c1CCC(=O)N1CCc2ccccc21. The third-order valence-electron chi connectivity index (χ3n) is 5.26. The van der Waals surface area contributed by atoms with Gasteiger partial charge in [0.1, 0.15) is 6.33 Å². The van der Waals surface area contributed by atoms with Crippen LogP contribution in [-0.2, 0) is 17.6 Å². The molecule has 7 nitrogen and oxygen atoms in total. The van der Waals surface area contributed by atoms with Crippen LogP contribution in [0.15, 0.2) is 30.6 Å². The molecule has 2 N–H and O–H groups in total. The number of anilines is 1. The van der Waals surface area contributed by atoms with Gasteiger partial charge in [-0.15, -0.1) is 0 Å². The zero-order chi connectivity index (χ0) is 19.1. The Hall–Kier alpha value is -3.22. The molecule has 0 radical (unpaired) electrons. The predicted molar refractivity (Wildman–Crippen MR) is 102 cm³/mol. The highest BCUT2D eigenvalue weighted by Gasteiger charge is 2.24. The Morgan fingerprint density at radius 1 is 1.22 bits per heavy atom. The van der Waals surface area contributed by atoms with E-state index in [1.165, 1.54) is 5.56 Å². The van der Waals surface area contributed by atoms with Crippen molar-refractivity contribution in [2.45, 2.75) is 33.1 Å². The maximum absolute atomic E-state index is 12.8. The van der Waals surface area contributed by atoms with E-state index >= 15 is 0 Å². The van der Waals surface area contributed by atoms with Gasteiger partial charge in [0, 0.05) is 30.0 Å². The highest BCUT2D eigenvalue weighted by Crippen LogP contribution is 2.28. The minimum absolute atomic E-state index is 0.113. The molecule has 0 atom stereocenters. The lowest BCUT2D eigenvalue weighted by molar-refractivity contribution is -0.118. The predicted octanol–water partition coefficient (Wildman–Crippen LogP) is 1.97. The quantitative estimate of drug-likeness (QED) is 0.767. The van der Waals surface area contributed by atoms with Gasteiger partial charge in [-0.05, 0) is 43.9 Å². The molecule has 0 bridgehead atoms. The summed E-state index contributed by atoms with van der Waals surface area (Å²) < 4.78 is 1.76. The second kappa shape index (κ2) is 6.50. The summed E-state index contributed by atoms with van der Waals surface area (Å²) in [6, 6.07) is 8.04. The molecule has 138 valence electrons. The topological polar surface area (TPSA) is 93.6 Å². The van der Waals surface area contributed by atoms with Crippen molar-refractivity contribution in [2.75, 3.05) is 11.4 Å². The van der Waals surface area contributed by atoms with Crippen molar-refractivity contribution in [1.29, 1.82) is 0 Å². The van der Waals surface area contributed by atoms with E-state index in [0.717, 1.165) is 35.6 Å². The van der Waals surface area contributed by atoms with Crippen molar-refractivity contribution in [1.82, 2.24) is 14.4 Å². The van der Waals surface area contributed by atoms with E-state index in [4.69, 9.17) is 5.73 Å². The second-order valence-electron chi connectivity index (χ2n) is 6.84. The number of primary amides is 1. The largest absolute Gasteiger partial charge is 0.364 e. The van der Waals surface area contributed by atoms with Gasteiger partial charge in [-0.2, -0.15) is 0 Å². The second-order valence-corrected chi connectivity index (χ2v) is 6.84. The fraction of sp³-hybridized carbons (Fsp3) is 0.300. The van der Waals surface area contributed by atoms with Crippen LogP contribution < -0.4 is 10.6 Å². The number of rotatable bonds is 4. The van der Waals surface area contributed by atoms with E-state index in [-0.39, 0.29) is 11.6 Å². The lowest BCUT2D eigenvalue weighted by Gasteiger charge is -2.18. The number of hydrogen-bond donors (Lipinski definition) is 1. The summed E-state index contributed by atoms with van der Waals surface area (Å²) >= 11 is 0. The number of benzene rings is 1. The maximum atomic E-state index is 12.8. The first kappa shape index (κ1) is 17.2. The number of carbonyl (C=O) groups is 2. The van der Waals surface area contributed by atoms with Crippen LogP contribution in [-0.4, -0.2) is 32.7 Å². The Kier molecular flexibility index (Phi) is 4.14. The first-order chi connectivity index (χ1) is 13.0. The molecule has 0 saturated carbocycles. The average Bonchev–Trinajstić information content (AvgIpc) is 3.25. The van der Waals surface area contributed by atoms with Crippen molar-refractivity contribution < 1.29 is 9.59 Å². The lowest BCUT2D eigenvalue weighted by Crippen LogP contribution is -2.29. The zero-order valence-corrected chi connectivity index (χ0v) is 15.4. The van der Waals surface area contributed by atoms with Crippen LogP contribution in [0.3, 0.4) is 0 Å². The van der Waals surface area contributed by atoms with Crippen LogP contribution >= 0.6 is 0 Å². The third kappa shape index (κ3) is 2.85. The van der Waals surface area contributed by atoms with Crippen molar-refractivity contribution in [2.24, 2.45) is 5.73 Å². The fourth-order valence-corrected chi connectivity index (χ4v) is 3.83. The Balaban J connectivity index is 1.58. The summed E-state index contributed by atoms with van der Waals surface area (Å²) in [6.07, 6.45) is 3.44. The number of fused-ring (bicyclic) bond motifs is 2. The number of aryl methyl sites for hydroxylation is 2. The Labute approximate surface area is 156 Å². The van der Waals surface area contributed by atoms with E-state index in [2.05, 4.69) is 16.0 Å². The van der Waals surface area contributed by atoms with E-state index in [0.29, 0.717) is 18.5 Å². The number of nitrogens with zero attached hydrogens (tertiary/aromatic N) is 4. The third-order valence-corrected chi connectivity index (χ3v) is 5.26. The molecule has 1 aliphatic heterocycles. The van der Waals surface area contributed by atoms with Gasteiger partial charge in [0.2, 0.25) is 5.91 Å². The molecule has 1 aliphatic rings. The molecule has 7 heteroatoms. The van der Waals surface area contributed by atoms with Gasteiger partial charge in [-0.3, -0.25) is 14.0 Å². The summed E-state index contributed by atoms with van der Waals surface area (Å²) in [5.74, 6) is -0.485. The molecule has 2 aromatic heterocycles. The fourth-order valence-electron chi connectivity index (χ4n) is 3.83. The molecular formula is C20H21N5O2. The van der Waals surface area contributed by atoms with Crippen molar-refractivity contribution in [3.63, 3.8) is 0 Å². The molecule has 4 rings (SSSR count). The molecule has 27 heavy (non-hydrogen) atoms. The molecule has 0 aliphatic carbocycles. The summed E-state index contributed by atoms with van der Waals surface area (Å²) in [7, 11) is 0. The van der Waals surface area contributed by atoms with E-state index < -0.39 is 5.91 Å². The van der Waals surface area contributed by atoms with E-state index in [1.54, 1.807) is 10.7 Å². The Bertz CT molecular complexity index is 1070. The number of hydrogen-bond acceptors (Lipinski definition) is 4. The standard InChI is InChI=1S/C20H21N5O2/c1-12-15(13(2)25-11-22-18(19(21)27)20(25)23-12)7-8-17(26)24-10-9-14-5-3-4-6-16(14)24/h3-6,11H,7-10H2,1-2H3,(H2,21,27). The first-order valence-corrected chi connectivity index (χ1v) is 8.98. The summed E-state index contributed by atoms with van der Waals surface area (Å²) in [5, 5.41) is 0. The molecule has 0 fully saturated rings. The first-order valence-electron chi connectivity index (χ1n) is 8.98. The summed E-state index contributed by atoms with van der Waals surface area (Å²) in [5.41, 5.74) is 10.9. The van der Waals surface area contributed by atoms with Gasteiger partial charge < -0.3 is 10.6 Å². The molecular weight excluding hydrogens is 342 g/mol. The Morgan fingerprint density at radius 3 is 2.78 bits per heavy atom. The molecule has 2 amide bonds. The molecule has 1 aromatic carbocycles. The normalized spacial score (nSPS) is 13.2. The summed E-state index contributed by atoms with van der Waals surface area (Å²) in [4.78, 5) is 34.7. The van der Waals surface area contributed by atoms with E-state index in [9.17, 15) is 9.59 Å². The van der Waals surface area contributed by atoms with Crippen LogP contribution in [0.1, 0.15) is 39.4 Å². The number of carbonyl (C=O) groups excluding carboxylic acids is 2. The van der Waals surface area contributed by atoms with Gasteiger partial charge in [-0.1, -0.05) is 18.2 Å². The van der Waals surface area contributed by atoms with Crippen LogP contribution in [0.4, 0.5) is 5.69 Å². The minimum atomic E-state index is -0.598. The van der Waals surface area contributed by atoms with Gasteiger partial charge in [-0.25, -0.2) is 9.97 Å². The molecule has 3 heterocycles. The van der Waals surface area contributed by atoms with Crippen LogP contribution in [0.5, 0.6) is 0 Å². The lowest BCUT2D eigenvalue weighted by atomic mass is 10.1. The molecule has 0 spiro atoms. The minimum Gasteiger partial charge on any atom is -0.364 e. The maximum Gasteiger partial charge on any atom is 0.271 e. The zero-order valence-electron chi connectivity index (χ0n) is 15.4. The Morgan fingerprint density at radius 2 is 2.00 bits per heavy atom. The van der Waals surface area contributed by atoms with Crippen LogP contribution in [0.2, 0.25) is 0 Å². The van der Waals surface area contributed by atoms with Crippen LogP contribution in [0, 0.1) is 13.8 Å². The smallest absolute Gasteiger partial charge is 0.271 e. The monoisotopic (exact) mass is 363 g/mol. The van der Waals surface area contributed by atoms with Crippen molar-refractivity contribution in [3.05, 3.63) is 58.8 Å². The highest BCUT2D eigenvalue weighted by atomic mass is 16.2. The van der Waals surface area contributed by atoms with Crippen LogP contribution in [0.25, 0.3) is 5.65 Å². The van der Waals surface area contributed by atoms with Gasteiger partial charge in [0.15, 0.2) is 11.3 Å². The molecule has 0 unspecified atom stereocenters. The number of imidazole rings is 1. The van der Waals surface area contributed by atoms with Crippen molar-refractivity contribution in [3.8, 4) is 0 Å². The van der Waals surface area contributed by atoms with Gasteiger partial charge in [0.25, 0.3) is 5.91 Å². The van der Waals surface area contributed by atoms with Gasteiger partial charge >= 0.3 is 0 Å². The molecule has 3 aromatic rings. The number of aromatic nitrogens is 3. The highest BCUT2D eigenvalue weighted by molar-refractivity contribution is 5.97. The summed E-state index contributed by atoms with van der Waals surface area (Å²) in [6.45, 7) is 4.56. The van der Waals surface area contributed by atoms with Gasteiger partial charge in [0.05, 0.1) is 0 Å². The van der Waals surface area contributed by atoms with Crippen molar-refractivity contribution >= 4 is 23.1 Å². The number of para-hydroxylation sites is 1. The number of amides is 2.